The van der Waals surface area contributed by atoms with Crippen molar-refractivity contribution in [2.24, 2.45) is 16.6 Å². The number of nitrogens with two attached hydrogens (primary N) is 1. The first kappa shape index (κ1) is 13.3. The molecule has 1 heterocycles. The molecule has 3 N–H and O–H groups in total. The van der Waals surface area contributed by atoms with E-state index in [2.05, 4.69) is 10.3 Å². The number of amides is 1. The Morgan fingerprint density at radius 3 is 2.55 bits per heavy atom. The second-order valence-electron chi connectivity index (χ2n) is 5.68. The van der Waals surface area contributed by atoms with Gasteiger partial charge in [0.2, 0.25) is 0 Å². The summed E-state index contributed by atoms with van der Waals surface area (Å²) in [5.74, 6) is 0.207. The van der Waals surface area contributed by atoms with Crippen molar-refractivity contribution >= 4 is 17.3 Å². The molecule has 1 atom stereocenters. The molecule has 4 nitrogen and oxygen atoms in total. The molecule has 20 heavy (non-hydrogen) atoms. The number of nitrogens with one attached hydrogen (secondary N) is 1. The Kier molecular flexibility index (Phi) is 3.83. The van der Waals surface area contributed by atoms with Gasteiger partial charge < -0.3 is 11.1 Å². The lowest BCUT2D eigenvalue weighted by Crippen LogP contribution is -2.33. The number of anilines is 1. The van der Waals surface area contributed by atoms with Crippen LogP contribution in [0.5, 0.6) is 0 Å². The maximum atomic E-state index is 11.9. The highest BCUT2D eigenvalue weighted by Crippen LogP contribution is 2.30. The molecular weight excluding hydrogens is 250 g/mol. The number of nitrogens with zero attached hydrogens (tertiary/aromatic N) is 1. The zero-order valence-electron chi connectivity index (χ0n) is 11.6. The van der Waals surface area contributed by atoms with Crippen LogP contribution in [0.15, 0.2) is 29.3 Å². The maximum Gasteiger partial charge on any atom is 0.263 e. The minimum Gasteiger partial charge on any atom is -0.322 e. The van der Waals surface area contributed by atoms with Crippen molar-refractivity contribution in [2.75, 3.05) is 5.32 Å². The van der Waals surface area contributed by atoms with Gasteiger partial charge in [0.25, 0.3) is 5.91 Å². The number of hydrogen-bond acceptors (Lipinski definition) is 3. The molecule has 0 radical (unpaired) electrons. The summed E-state index contributed by atoms with van der Waals surface area (Å²) in [5, 5.41) is 2.88. The zero-order valence-corrected chi connectivity index (χ0v) is 11.6. The van der Waals surface area contributed by atoms with Crippen molar-refractivity contribution < 1.29 is 4.79 Å². The van der Waals surface area contributed by atoms with Crippen LogP contribution in [-0.4, -0.2) is 17.8 Å². The highest BCUT2D eigenvalue weighted by molar-refractivity contribution is 6.12. The Morgan fingerprint density at radius 1 is 1.10 bits per heavy atom. The van der Waals surface area contributed by atoms with Gasteiger partial charge >= 0.3 is 0 Å². The predicted octanol–water partition coefficient (Wildman–Crippen LogP) is 2.68. The third-order valence-electron chi connectivity index (χ3n) is 4.25. The fourth-order valence-electron chi connectivity index (χ4n) is 3.18. The standard InChI is InChI=1S/C16H21N3O/c17-15-16(20)18-13-10-6-5-9-12(13)14(19-15)11-7-3-1-2-4-8-11/h5-6,9-11,15H,1-4,7-8,17H2,(H,18,20)/t15-/m0/s1. The minimum atomic E-state index is -0.791. The summed E-state index contributed by atoms with van der Waals surface area (Å²) in [6.07, 6.45) is 6.58. The molecular formula is C16H21N3O. The molecule has 1 aromatic rings. The lowest BCUT2D eigenvalue weighted by molar-refractivity contribution is -0.117. The lowest BCUT2D eigenvalue weighted by atomic mass is 9.89. The van der Waals surface area contributed by atoms with Crippen LogP contribution in [0.2, 0.25) is 0 Å². The Hall–Kier alpha value is -1.68. The number of para-hydroxylation sites is 1. The molecule has 0 unspecified atom stereocenters. The van der Waals surface area contributed by atoms with Gasteiger partial charge in [0.05, 0.1) is 0 Å². The van der Waals surface area contributed by atoms with Gasteiger partial charge in [-0.25, -0.2) is 0 Å². The monoisotopic (exact) mass is 271 g/mol. The van der Waals surface area contributed by atoms with E-state index in [1.807, 2.05) is 24.3 Å². The number of fused-ring (bicyclic) bond motifs is 1. The van der Waals surface area contributed by atoms with Gasteiger partial charge in [0.1, 0.15) is 0 Å². The van der Waals surface area contributed by atoms with Gasteiger partial charge in [-0.1, -0.05) is 43.9 Å². The number of benzene rings is 1. The second kappa shape index (κ2) is 5.75. The zero-order chi connectivity index (χ0) is 13.9. The Bertz CT molecular complexity index is 530. The molecule has 1 fully saturated rings. The van der Waals surface area contributed by atoms with Crippen molar-refractivity contribution in [3.8, 4) is 0 Å². The number of aliphatic imine (C=N–C) groups is 1. The summed E-state index contributed by atoms with van der Waals surface area (Å²) >= 11 is 0. The Labute approximate surface area is 119 Å². The third kappa shape index (κ3) is 2.61. The fraction of sp³-hybridized carbons (Fsp3) is 0.500. The number of benzodiazepines with no additional fused rings is 1. The molecule has 3 rings (SSSR count). The average molecular weight is 271 g/mol. The first-order valence-electron chi connectivity index (χ1n) is 7.49. The largest absolute Gasteiger partial charge is 0.322 e. The van der Waals surface area contributed by atoms with Crippen LogP contribution in [0.1, 0.15) is 44.1 Å². The molecule has 106 valence electrons. The van der Waals surface area contributed by atoms with Crippen LogP contribution in [0.3, 0.4) is 0 Å². The van der Waals surface area contributed by atoms with Gasteiger partial charge in [-0.2, -0.15) is 0 Å². The average Bonchev–Trinajstić information content (AvgIpc) is 2.79. The number of hydrogen-bond donors (Lipinski definition) is 2. The number of carbonyl (C=O) groups is 1. The molecule has 0 bridgehead atoms. The quantitative estimate of drug-likeness (QED) is 0.771. The predicted molar refractivity (Wildman–Crippen MR) is 80.8 cm³/mol. The Balaban J connectivity index is 2.01. The first-order valence-corrected chi connectivity index (χ1v) is 7.49. The third-order valence-corrected chi connectivity index (χ3v) is 4.25. The summed E-state index contributed by atoms with van der Waals surface area (Å²) in [6.45, 7) is 0. The summed E-state index contributed by atoms with van der Waals surface area (Å²) < 4.78 is 0. The van der Waals surface area contributed by atoms with Crippen LogP contribution in [0, 0.1) is 5.92 Å². The molecule has 1 saturated carbocycles. The van der Waals surface area contributed by atoms with Gasteiger partial charge in [-0.15, -0.1) is 0 Å². The van der Waals surface area contributed by atoms with Crippen molar-refractivity contribution in [2.45, 2.75) is 44.7 Å². The van der Waals surface area contributed by atoms with Gasteiger partial charge in [-0.05, 0) is 18.9 Å². The number of carbonyl (C=O) groups excluding carboxylic acids is 1. The van der Waals surface area contributed by atoms with E-state index in [9.17, 15) is 4.79 Å². The van der Waals surface area contributed by atoms with Crippen molar-refractivity contribution in [1.29, 1.82) is 0 Å². The van der Waals surface area contributed by atoms with E-state index in [0.29, 0.717) is 5.92 Å². The molecule has 1 amide bonds. The van der Waals surface area contributed by atoms with Crippen LogP contribution < -0.4 is 11.1 Å². The van der Waals surface area contributed by atoms with E-state index in [1.54, 1.807) is 0 Å². The van der Waals surface area contributed by atoms with E-state index in [4.69, 9.17) is 5.73 Å². The first-order chi connectivity index (χ1) is 9.75. The highest BCUT2D eigenvalue weighted by atomic mass is 16.2. The summed E-state index contributed by atoms with van der Waals surface area (Å²) in [4.78, 5) is 16.5. The van der Waals surface area contributed by atoms with Gasteiger partial charge in [-0.3, -0.25) is 9.79 Å². The maximum absolute atomic E-state index is 11.9. The molecule has 0 aromatic heterocycles. The van der Waals surface area contributed by atoms with Crippen molar-refractivity contribution in [3.63, 3.8) is 0 Å². The Morgan fingerprint density at radius 2 is 1.80 bits per heavy atom. The molecule has 0 saturated heterocycles. The smallest absolute Gasteiger partial charge is 0.263 e. The van der Waals surface area contributed by atoms with E-state index in [1.165, 1.54) is 25.7 Å². The SMILES string of the molecule is N[C@H]1N=C(C2CCCCCC2)c2ccccc2NC1=O. The molecule has 1 aliphatic heterocycles. The van der Waals surface area contributed by atoms with E-state index in [0.717, 1.165) is 29.8 Å². The highest BCUT2D eigenvalue weighted by Gasteiger charge is 2.27. The van der Waals surface area contributed by atoms with Crippen LogP contribution in [0.25, 0.3) is 0 Å². The van der Waals surface area contributed by atoms with E-state index in [-0.39, 0.29) is 5.91 Å². The normalized spacial score (nSPS) is 24.1. The van der Waals surface area contributed by atoms with E-state index < -0.39 is 6.17 Å². The summed E-state index contributed by atoms with van der Waals surface area (Å²) in [5.41, 5.74) is 8.80. The van der Waals surface area contributed by atoms with Gasteiger partial charge in [0, 0.05) is 22.9 Å². The molecule has 1 aliphatic carbocycles. The van der Waals surface area contributed by atoms with Crippen LogP contribution in [-0.2, 0) is 4.79 Å². The van der Waals surface area contributed by atoms with Crippen LogP contribution in [0.4, 0.5) is 5.69 Å². The van der Waals surface area contributed by atoms with Crippen LogP contribution >= 0.6 is 0 Å². The second-order valence-corrected chi connectivity index (χ2v) is 5.68. The summed E-state index contributed by atoms with van der Waals surface area (Å²) in [7, 11) is 0. The molecule has 0 spiro atoms. The van der Waals surface area contributed by atoms with Gasteiger partial charge in [0.15, 0.2) is 6.17 Å². The van der Waals surface area contributed by atoms with Crippen molar-refractivity contribution in [1.82, 2.24) is 0 Å². The lowest BCUT2D eigenvalue weighted by Gasteiger charge is -2.18. The molecule has 2 aliphatic rings. The molecule has 4 heteroatoms. The van der Waals surface area contributed by atoms with Crippen molar-refractivity contribution in [3.05, 3.63) is 29.8 Å². The minimum absolute atomic E-state index is 0.221. The van der Waals surface area contributed by atoms with E-state index >= 15 is 0 Å². The number of rotatable bonds is 1. The topological polar surface area (TPSA) is 67.5 Å². The molecule has 1 aromatic carbocycles. The fourth-order valence-corrected chi connectivity index (χ4v) is 3.18. The summed E-state index contributed by atoms with van der Waals surface area (Å²) in [6, 6.07) is 7.89.